The maximum atomic E-state index is 12.4. The molecular weight excluding hydrogens is 326 g/mol. The van der Waals surface area contributed by atoms with Crippen LogP contribution < -0.4 is 10.1 Å². The molecular formula is C22H21NO3. The number of nitrogens with one attached hydrogen (secondary N) is 1. The van der Waals surface area contributed by atoms with Crippen LogP contribution in [0.5, 0.6) is 11.5 Å². The van der Waals surface area contributed by atoms with Gasteiger partial charge in [0.15, 0.2) is 0 Å². The van der Waals surface area contributed by atoms with E-state index in [-0.39, 0.29) is 11.7 Å². The lowest BCUT2D eigenvalue weighted by Gasteiger charge is -2.11. The minimum atomic E-state index is -0.156. The Hall–Kier alpha value is -3.27. The van der Waals surface area contributed by atoms with Crippen LogP contribution in [0, 0.1) is 0 Å². The number of para-hydroxylation sites is 1. The zero-order valence-corrected chi connectivity index (χ0v) is 14.6. The van der Waals surface area contributed by atoms with Crippen LogP contribution in [0.3, 0.4) is 0 Å². The highest BCUT2D eigenvalue weighted by Gasteiger charge is 2.11. The van der Waals surface area contributed by atoms with Gasteiger partial charge in [0.1, 0.15) is 11.5 Å². The van der Waals surface area contributed by atoms with Gasteiger partial charge in [0.05, 0.1) is 12.2 Å². The standard InChI is InChI=1S/C22H21NO3/c1-2-26-21-6-4-3-5-20(21)22(25)23-15-16-7-9-17(10-8-16)18-11-13-19(24)14-12-18/h3-14,24H,2,15H2,1H3,(H,23,25). The number of aromatic hydroxyl groups is 1. The summed E-state index contributed by atoms with van der Waals surface area (Å²) in [5, 5.41) is 12.3. The van der Waals surface area contributed by atoms with Crippen molar-refractivity contribution in [2.75, 3.05) is 6.61 Å². The van der Waals surface area contributed by atoms with Crippen molar-refractivity contribution in [1.82, 2.24) is 5.32 Å². The Morgan fingerprint density at radius 1 is 0.923 bits per heavy atom. The molecule has 0 atom stereocenters. The van der Waals surface area contributed by atoms with Gasteiger partial charge in [-0.05, 0) is 47.9 Å². The summed E-state index contributed by atoms with van der Waals surface area (Å²) < 4.78 is 5.50. The molecule has 1 amide bonds. The van der Waals surface area contributed by atoms with Gasteiger partial charge in [-0.25, -0.2) is 0 Å². The van der Waals surface area contributed by atoms with E-state index in [0.717, 1.165) is 16.7 Å². The van der Waals surface area contributed by atoms with Gasteiger partial charge in [-0.3, -0.25) is 4.79 Å². The van der Waals surface area contributed by atoms with E-state index in [9.17, 15) is 9.90 Å². The summed E-state index contributed by atoms with van der Waals surface area (Å²) in [5.41, 5.74) is 3.63. The molecule has 0 heterocycles. The molecule has 0 bridgehead atoms. The Morgan fingerprint density at radius 3 is 2.19 bits per heavy atom. The highest BCUT2D eigenvalue weighted by atomic mass is 16.5. The Kier molecular flexibility index (Phi) is 5.54. The average Bonchev–Trinajstić information content (AvgIpc) is 2.68. The number of benzene rings is 3. The maximum absolute atomic E-state index is 12.4. The number of ether oxygens (including phenoxy) is 1. The first-order valence-electron chi connectivity index (χ1n) is 8.55. The number of phenolic OH excluding ortho intramolecular Hbond substituents is 1. The third-order valence-electron chi connectivity index (χ3n) is 4.04. The molecule has 0 spiro atoms. The summed E-state index contributed by atoms with van der Waals surface area (Å²) in [6.45, 7) is 2.85. The second kappa shape index (κ2) is 8.21. The average molecular weight is 347 g/mol. The fourth-order valence-electron chi connectivity index (χ4n) is 2.68. The van der Waals surface area contributed by atoms with Crippen LogP contribution in [0.15, 0.2) is 72.8 Å². The molecule has 0 saturated heterocycles. The van der Waals surface area contributed by atoms with Crippen LogP contribution in [0.25, 0.3) is 11.1 Å². The van der Waals surface area contributed by atoms with Crippen LogP contribution in [0.4, 0.5) is 0 Å². The zero-order chi connectivity index (χ0) is 18.4. The predicted molar refractivity (Wildman–Crippen MR) is 102 cm³/mol. The first-order chi connectivity index (χ1) is 12.7. The number of carbonyl (C=O) groups is 1. The van der Waals surface area contributed by atoms with Gasteiger partial charge in [-0.2, -0.15) is 0 Å². The van der Waals surface area contributed by atoms with Crippen molar-refractivity contribution < 1.29 is 14.6 Å². The minimum Gasteiger partial charge on any atom is -0.508 e. The van der Waals surface area contributed by atoms with E-state index < -0.39 is 0 Å². The lowest BCUT2D eigenvalue weighted by atomic mass is 10.0. The Balaban J connectivity index is 1.65. The Morgan fingerprint density at radius 2 is 1.54 bits per heavy atom. The first-order valence-corrected chi connectivity index (χ1v) is 8.55. The van der Waals surface area contributed by atoms with E-state index in [4.69, 9.17) is 4.74 Å². The molecule has 3 aromatic carbocycles. The molecule has 26 heavy (non-hydrogen) atoms. The second-order valence-corrected chi connectivity index (χ2v) is 5.86. The fourth-order valence-corrected chi connectivity index (χ4v) is 2.68. The van der Waals surface area contributed by atoms with Crippen molar-refractivity contribution in [3.05, 3.63) is 83.9 Å². The van der Waals surface area contributed by atoms with Crippen molar-refractivity contribution >= 4 is 5.91 Å². The molecule has 0 aliphatic carbocycles. The molecule has 3 aromatic rings. The van der Waals surface area contributed by atoms with Crippen LogP contribution in [0.2, 0.25) is 0 Å². The smallest absolute Gasteiger partial charge is 0.255 e. The molecule has 0 fully saturated rings. The van der Waals surface area contributed by atoms with Gasteiger partial charge in [-0.1, -0.05) is 48.5 Å². The van der Waals surface area contributed by atoms with E-state index in [1.807, 2.05) is 55.5 Å². The molecule has 4 heteroatoms. The number of phenols is 1. The fraction of sp³-hybridized carbons (Fsp3) is 0.136. The molecule has 132 valence electrons. The van der Waals surface area contributed by atoms with E-state index >= 15 is 0 Å². The third kappa shape index (κ3) is 4.22. The van der Waals surface area contributed by atoms with Crippen LogP contribution >= 0.6 is 0 Å². The molecule has 0 unspecified atom stereocenters. The third-order valence-corrected chi connectivity index (χ3v) is 4.04. The number of hydrogen-bond donors (Lipinski definition) is 2. The van der Waals surface area contributed by atoms with Gasteiger partial charge in [0.25, 0.3) is 5.91 Å². The Bertz CT molecular complexity index is 871. The van der Waals surface area contributed by atoms with Crippen LogP contribution in [-0.2, 0) is 6.54 Å². The topological polar surface area (TPSA) is 58.6 Å². The quantitative estimate of drug-likeness (QED) is 0.695. The lowest BCUT2D eigenvalue weighted by Crippen LogP contribution is -2.23. The lowest BCUT2D eigenvalue weighted by molar-refractivity contribution is 0.0947. The van der Waals surface area contributed by atoms with Gasteiger partial charge < -0.3 is 15.2 Å². The molecule has 4 nitrogen and oxygen atoms in total. The van der Waals surface area contributed by atoms with E-state index in [1.54, 1.807) is 24.3 Å². The summed E-state index contributed by atoms with van der Waals surface area (Å²) >= 11 is 0. The minimum absolute atomic E-state index is 0.156. The normalized spacial score (nSPS) is 10.3. The highest BCUT2D eigenvalue weighted by Crippen LogP contribution is 2.22. The number of carbonyl (C=O) groups excluding carboxylic acids is 1. The highest BCUT2D eigenvalue weighted by molar-refractivity contribution is 5.96. The largest absolute Gasteiger partial charge is 0.508 e. The molecule has 0 aromatic heterocycles. The van der Waals surface area contributed by atoms with Crippen molar-refractivity contribution in [3.8, 4) is 22.6 Å². The molecule has 0 radical (unpaired) electrons. The Labute approximate surface area is 153 Å². The van der Waals surface area contributed by atoms with Gasteiger partial charge >= 0.3 is 0 Å². The summed E-state index contributed by atoms with van der Waals surface area (Å²) in [7, 11) is 0. The van der Waals surface area contributed by atoms with Crippen LogP contribution in [-0.4, -0.2) is 17.6 Å². The molecule has 3 rings (SSSR count). The first kappa shape index (κ1) is 17.5. The van der Waals surface area contributed by atoms with Crippen molar-refractivity contribution in [2.45, 2.75) is 13.5 Å². The summed E-state index contributed by atoms with van der Waals surface area (Å²) in [4.78, 5) is 12.4. The van der Waals surface area contributed by atoms with Gasteiger partial charge in [0.2, 0.25) is 0 Å². The summed E-state index contributed by atoms with van der Waals surface area (Å²) in [5.74, 6) is 0.687. The molecule has 0 aliphatic heterocycles. The van der Waals surface area contributed by atoms with Crippen LogP contribution in [0.1, 0.15) is 22.8 Å². The van der Waals surface area contributed by atoms with E-state index in [1.165, 1.54) is 0 Å². The van der Waals surface area contributed by atoms with Gasteiger partial charge in [-0.15, -0.1) is 0 Å². The van der Waals surface area contributed by atoms with E-state index in [0.29, 0.717) is 24.5 Å². The van der Waals surface area contributed by atoms with Crippen molar-refractivity contribution in [2.24, 2.45) is 0 Å². The summed E-state index contributed by atoms with van der Waals surface area (Å²) in [6, 6.07) is 22.3. The monoisotopic (exact) mass is 347 g/mol. The molecule has 0 saturated carbocycles. The maximum Gasteiger partial charge on any atom is 0.255 e. The summed E-state index contributed by atoms with van der Waals surface area (Å²) in [6.07, 6.45) is 0. The number of amides is 1. The van der Waals surface area contributed by atoms with Gasteiger partial charge in [0, 0.05) is 6.54 Å². The van der Waals surface area contributed by atoms with E-state index in [2.05, 4.69) is 5.32 Å². The number of hydrogen-bond acceptors (Lipinski definition) is 3. The number of rotatable bonds is 6. The molecule has 0 aliphatic rings. The predicted octanol–water partition coefficient (Wildman–Crippen LogP) is 4.39. The van der Waals surface area contributed by atoms with Crippen molar-refractivity contribution in [1.29, 1.82) is 0 Å². The zero-order valence-electron chi connectivity index (χ0n) is 14.6. The molecule has 2 N–H and O–H groups in total. The SMILES string of the molecule is CCOc1ccccc1C(=O)NCc1ccc(-c2ccc(O)cc2)cc1. The van der Waals surface area contributed by atoms with Crippen molar-refractivity contribution in [3.63, 3.8) is 0 Å². The second-order valence-electron chi connectivity index (χ2n) is 5.86.